The second kappa shape index (κ2) is 12.6. The lowest BCUT2D eigenvalue weighted by atomic mass is 10.1. The van der Waals surface area contributed by atoms with Gasteiger partial charge < -0.3 is 14.4 Å². The fourth-order valence-electron chi connectivity index (χ4n) is 4.68. The van der Waals surface area contributed by atoms with Gasteiger partial charge in [0.25, 0.3) is 5.91 Å². The van der Waals surface area contributed by atoms with E-state index in [2.05, 4.69) is 28.7 Å². The number of pyridine rings is 1. The van der Waals surface area contributed by atoms with E-state index in [1.165, 1.54) is 12.1 Å². The predicted octanol–water partition coefficient (Wildman–Crippen LogP) is 3.99. The van der Waals surface area contributed by atoms with Crippen LogP contribution in [0.25, 0.3) is 0 Å². The minimum absolute atomic E-state index is 0.0425. The minimum atomic E-state index is -0.422. The summed E-state index contributed by atoms with van der Waals surface area (Å²) in [6.07, 6.45) is 8.74. The Bertz CT molecular complexity index is 1170. The molecule has 0 unspecified atom stereocenters. The molecule has 0 saturated carbocycles. The number of aromatic nitrogens is 3. The highest BCUT2D eigenvalue weighted by atomic mass is 19.1. The first-order chi connectivity index (χ1) is 17.9. The first kappa shape index (κ1) is 26.5. The third-order valence-corrected chi connectivity index (χ3v) is 6.76. The molecule has 8 nitrogen and oxygen atoms in total. The van der Waals surface area contributed by atoms with Gasteiger partial charge in [0.15, 0.2) is 0 Å². The van der Waals surface area contributed by atoms with E-state index in [1.54, 1.807) is 47.9 Å². The first-order valence-electron chi connectivity index (χ1n) is 12.9. The van der Waals surface area contributed by atoms with E-state index in [9.17, 15) is 14.0 Å². The van der Waals surface area contributed by atoms with Crippen LogP contribution in [-0.4, -0.2) is 68.4 Å². The van der Waals surface area contributed by atoms with E-state index in [4.69, 9.17) is 0 Å². The molecule has 3 heterocycles. The largest absolute Gasteiger partial charge is 0.337 e. The second-order valence-electron chi connectivity index (χ2n) is 9.65. The lowest BCUT2D eigenvalue weighted by Gasteiger charge is -2.30. The normalized spacial score (nSPS) is 15.4. The van der Waals surface area contributed by atoms with Gasteiger partial charge in [0.05, 0.1) is 12.0 Å². The van der Waals surface area contributed by atoms with Crippen molar-refractivity contribution in [2.45, 2.75) is 52.2 Å². The Morgan fingerprint density at radius 2 is 1.92 bits per heavy atom. The van der Waals surface area contributed by atoms with Crippen LogP contribution >= 0.6 is 0 Å². The summed E-state index contributed by atoms with van der Waals surface area (Å²) in [5.41, 5.74) is 1.54. The molecule has 0 radical (unpaired) electrons. The number of anilines is 1. The van der Waals surface area contributed by atoms with Crippen molar-refractivity contribution in [2.75, 3.05) is 31.1 Å². The standard InChI is InChI=1S/C28H35FN6O2/c1-22(2)33-14-6-15-35(28(37)25-7-3-4-11-31-25)26-19-24(29)10-9-23(26)20-34(18-17-33)27(36)8-5-13-32-16-12-30-21-32/h3-4,7,9-12,16,19,21-22H,5-6,8,13-15,17-18,20H2,1-2H3. The molecule has 2 amide bonds. The van der Waals surface area contributed by atoms with E-state index in [0.717, 1.165) is 18.7 Å². The molecule has 2 aromatic heterocycles. The summed E-state index contributed by atoms with van der Waals surface area (Å²) in [7, 11) is 0. The molecular weight excluding hydrogens is 471 g/mol. The number of nitrogens with zero attached hydrogens (tertiary/aromatic N) is 6. The van der Waals surface area contributed by atoms with Crippen molar-refractivity contribution < 1.29 is 14.0 Å². The molecule has 0 spiro atoms. The maximum Gasteiger partial charge on any atom is 0.276 e. The van der Waals surface area contributed by atoms with Crippen LogP contribution in [0.4, 0.5) is 10.1 Å². The molecule has 3 aromatic rings. The van der Waals surface area contributed by atoms with E-state index >= 15 is 0 Å². The Morgan fingerprint density at radius 3 is 2.65 bits per heavy atom. The van der Waals surface area contributed by atoms with Gasteiger partial charge in [-0.05, 0) is 56.5 Å². The summed E-state index contributed by atoms with van der Waals surface area (Å²) in [4.78, 5) is 41.0. The molecule has 1 aliphatic rings. The van der Waals surface area contributed by atoms with E-state index in [0.29, 0.717) is 62.9 Å². The molecule has 0 fully saturated rings. The average Bonchev–Trinajstić information content (AvgIpc) is 3.40. The van der Waals surface area contributed by atoms with Crippen molar-refractivity contribution in [2.24, 2.45) is 0 Å². The summed E-state index contributed by atoms with van der Waals surface area (Å²) in [5.74, 6) is -0.656. The van der Waals surface area contributed by atoms with Gasteiger partial charge in [-0.3, -0.25) is 19.5 Å². The lowest BCUT2D eigenvalue weighted by Crippen LogP contribution is -2.41. The van der Waals surface area contributed by atoms with Gasteiger partial charge in [0.1, 0.15) is 11.5 Å². The summed E-state index contributed by atoms with van der Waals surface area (Å²) >= 11 is 0. The van der Waals surface area contributed by atoms with Crippen LogP contribution in [0.2, 0.25) is 0 Å². The van der Waals surface area contributed by atoms with Crippen LogP contribution in [0, 0.1) is 5.82 Å². The maximum absolute atomic E-state index is 14.5. The van der Waals surface area contributed by atoms with Crippen molar-refractivity contribution in [3.63, 3.8) is 0 Å². The molecule has 4 rings (SSSR count). The molecule has 9 heteroatoms. The molecule has 0 atom stereocenters. The van der Waals surface area contributed by atoms with Crippen LogP contribution in [0.3, 0.4) is 0 Å². The van der Waals surface area contributed by atoms with Gasteiger partial charge in [-0.15, -0.1) is 0 Å². The molecule has 37 heavy (non-hydrogen) atoms. The summed E-state index contributed by atoms with van der Waals surface area (Å²) in [5, 5.41) is 0. The van der Waals surface area contributed by atoms with Gasteiger partial charge in [-0.1, -0.05) is 12.1 Å². The lowest BCUT2D eigenvalue weighted by molar-refractivity contribution is -0.132. The van der Waals surface area contributed by atoms with E-state index in [-0.39, 0.29) is 11.8 Å². The molecule has 1 aliphatic heterocycles. The smallest absolute Gasteiger partial charge is 0.276 e. The molecule has 0 saturated heterocycles. The third kappa shape index (κ3) is 7.01. The maximum atomic E-state index is 14.5. The van der Waals surface area contributed by atoms with Crippen molar-refractivity contribution >= 4 is 17.5 Å². The van der Waals surface area contributed by atoms with E-state index < -0.39 is 5.82 Å². The summed E-state index contributed by atoms with van der Waals surface area (Å²) < 4.78 is 16.5. The Labute approximate surface area is 217 Å². The second-order valence-corrected chi connectivity index (χ2v) is 9.65. The number of carbonyl (C=O) groups is 2. The fraction of sp³-hybridized carbons (Fsp3) is 0.429. The third-order valence-electron chi connectivity index (χ3n) is 6.76. The van der Waals surface area contributed by atoms with Crippen molar-refractivity contribution in [3.05, 3.63) is 78.4 Å². The number of aryl methyl sites for hydroxylation is 1. The number of fused-ring (bicyclic) bond motifs is 1. The SMILES string of the molecule is CC(C)N1CCCN(C(=O)c2ccccn2)c2cc(F)ccc2CN(C(=O)CCCn2ccnc2)CC1. The van der Waals surface area contributed by atoms with Crippen molar-refractivity contribution in [1.29, 1.82) is 0 Å². The summed E-state index contributed by atoms with van der Waals surface area (Å²) in [6.45, 7) is 7.77. The van der Waals surface area contributed by atoms with Crippen LogP contribution < -0.4 is 4.90 Å². The zero-order chi connectivity index (χ0) is 26.2. The van der Waals surface area contributed by atoms with Crippen LogP contribution in [0.1, 0.15) is 49.2 Å². The molecule has 0 aliphatic carbocycles. The molecule has 1 aromatic carbocycles. The molecule has 0 bridgehead atoms. The number of carbonyl (C=O) groups excluding carboxylic acids is 2. The Kier molecular flexibility index (Phi) is 9.00. The average molecular weight is 507 g/mol. The minimum Gasteiger partial charge on any atom is -0.337 e. The number of amides is 2. The van der Waals surface area contributed by atoms with Gasteiger partial charge in [-0.25, -0.2) is 9.37 Å². The fourth-order valence-corrected chi connectivity index (χ4v) is 4.68. The summed E-state index contributed by atoms with van der Waals surface area (Å²) in [6, 6.07) is 9.97. The Balaban J connectivity index is 1.63. The number of imidazole rings is 1. The predicted molar refractivity (Wildman–Crippen MR) is 141 cm³/mol. The Hall–Kier alpha value is -3.59. The van der Waals surface area contributed by atoms with Gasteiger partial charge in [0, 0.05) is 70.3 Å². The zero-order valence-electron chi connectivity index (χ0n) is 21.6. The highest BCUT2D eigenvalue weighted by molar-refractivity contribution is 6.05. The molecular formula is C28H35FN6O2. The monoisotopic (exact) mass is 506 g/mol. The van der Waals surface area contributed by atoms with Gasteiger partial charge in [0.2, 0.25) is 5.91 Å². The molecule has 0 N–H and O–H groups in total. The van der Waals surface area contributed by atoms with Crippen LogP contribution in [0.15, 0.2) is 61.3 Å². The highest BCUT2D eigenvalue weighted by Gasteiger charge is 2.26. The van der Waals surface area contributed by atoms with Crippen LogP contribution in [-0.2, 0) is 17.9 Å². The molecule has 196 valence electrons. The number of benzene rings is 1. The first-order valence-corrected chi connectivity index (χ1v) is 12.9. The quantitative estimate of drug-likeness (QED) is 0.506. The number of hydrogen-bond acceptors (Lipinski definition) is 5. The topological polar surface area (TPSA) is 74.6 Å². The van der Waals surface area contributed by atoms with E-state index in [1.807, 2.05) is 15.7 Å². The Morgan fingerprint density at radius 1 is 1.05 bits per heavy atom. The van der Waals surface area contributed by atoms with Crippen molar-refractivity contribution in [3.8, 4) is 0 Å². The number of hydrogen-bond donors (Lipinski definition) is 0. The highest BCUT2D eigenvalue weighted by Crippen LogP contribution is 2.27. The number of rotatable bonds is 6. The van der Waals surface area contributed by atoms with Crippen LogP contribution in [0.5, 0.6) is 0 Å². The van der Waals surface area contributed by atoms with Crippen molar-refractivity contribution in [1.82, 2.24) is 24.3 Å². The zero-order valence-corrected chi connectivity index (χ0v) is 21.6. The van der Waals surface area contributed by atoms with Gasteiger partial charge >= 0.3 is 0 Å². The van der Waals surface area contributed by atoms with Gasteiger partial charge in [-0.2, -0.15) is 0 Å². The number of halogens is 1.